The number of amides is 1. The lowest BCUT2D eigenvalue weighted by molar-refractivity contribution is -0.115. The summed E-state index contributed by atoms with van der Waals surface area (Å²) in [6, 6.07) is 14.5. The Morgan fingerprint density at radius 2 is 1.89 bits per heavy atom. The molecule has 5 heteroatoms. The van der Waals surface area contributed by atoms with Gasteiger partial charge in [-0.1, -0.05) is 30.3 Å². The molecule has 0 aliphatic heterocycles. The van der Waals surface area contributed by atoms with Crippen LogP contribution >= 0.6 is 11.3 Å². The fraction of sp³-hybridized carbons (Fsp3) is 0.304. The van der Waals surface area contributed by atoms with Gasteiger partial charge < -0.3 is 10.2 Å². The van der Waals surface area contributed by atoms with Crippen molar-refractivity contribution >= 4 is 28.6 Å². The van der Waals surface area contributed by atoms with Gasteiger partial charge in [0.25, 0.3) is 0 Å². The van der Waals surface area contributed by atoms with Gasteiger partial charge in [0.15, 0.2) is 0 Å². The van der Waals surface area contributed by atoms with E-state index >= 15 is 0 Å². The molecule has 0 aliphatic rings. The molecule has 4 nitrogen and oxygen atoms in total. The lowest BCUT2D eigenvalue weighted by Crippen LogP contribution is -2.23. The van der Waals surface area contributed by atoms with Gasteiger partial charge in [-0.2, -0.15) is 0 Å². The maximum atomic E-state index is 12.4. The SMILES string of the molecule is CCN(Cc1csc(CC(=O)Nc2cc(C)ccc2C)n1)c1ccccc1C. The molecule has 0 bridgehead atoms. The van der Waals surface area contributed by atoms with Crippen LogP contribution in [-0.2, 0) is 17.8 Å². The van der Waals surface area contributed by atoms with Crippen LogP contribution in [0.2, 0.25) is 0 Å². The fourth-order valence-corrected chi connectivity index (χ4v) is 3.97. The summed E-state index contributed by atoms with van der Waals surface area (Å²) in [7, 11) is 0. The van der Waals surface area contributed by atoms with Crippen LogP contribution in [0.25, 0.3) is 0 Å². The van der Waals surface area contributed by atoms with E-state index in [2.05, 4.69) is 53.7 Å². The number of para-hydroxylation sites is 1. The molecule has 146 valence electrons. The first-order valence-electron chi connectivity index (χ1n) is 9.57. The number of thiazole rings is 1. The summed E-state index contributed by atoms with van der Waals surface area (Å²) in [4.78, 5) is 19.4. The molecule has 0 spiro atoms. The number of rotatable bonds is 7. The normalized spacial score (nSPS) is 10.7. The average Bonchev–Trinajstić information content (AvgIpc) is 3.10. The highest BCUT2D eigenvalue weighted by Crippen LogP contribution is 2.22. The van der Waals surface area contributed by atoms with Gasteiger partial charge in [-0.05, 0) is 56.5 Å². The Kier molecular flexibility index (Phi) is 6.47. The van der Waals surface area contributed by atoms with E-state index in [1.165, 1.54) is 11.3 Å². The number of aryl methyl sites for hydroxylation is 3. The zero-order chi connectivity index (χ0) is 20.1. The Bertz CT molecular complexity index is 964. The number of aromatic nitrogens is 1. The predicted octanol–water partition coefficient (Wildman–Crippen LogP) is 5.28. The highest BCUT2D eigenvalue weighted by atomic mass is 32.1. The summed E-state index contributed by atoms with van der Waals surface area (Å²) < 4.78 is 0. The van der Waals surface area contributed by atoms with E-state index in [1.807, 2.05) is 32.0 Å². The largest absolute Gasteiger partial charge is 0.366 e. The van der Waals surface area contributed by atoms with E-state index in [4.69, 9.17) is 4.98 Å². The second-order valence-electron chi connectivity index (χ2n) is 7.08. The Labute approximate surface area is 171 Å². The van der Waals surface area contributed by atoms with Crippen molar-refractivity contribution in [3.63, 3.8) is 0 Å². The summed E-state index contributed by atoms with van der Waals surface area (Å²) in [6.07, 6.45) is 0.300. The third kappa shape index (κ3) is 4.98. The zero-order valence-corrected chi connectivity index (χ0v) is 17.8. The second-order valence-corrected chi connectivity index (χ2v) is 8.02. The first kappa shape index (κ1) is 20.1. The van der Waals surface area contributed by atoms with E-state index in [1.54, 1.807) is 11.3 Å². The summed E-state index contributed by atoms with van der Waals surface area (Å²) in [5.74, 6) is -0.0270. The van der Waals surface area contributed by atoms with Crippen molar-refractivity contribution in [2.45, 2.75) is 40.7 Å². The monoisotopic (exact) mass is 393 g/mol. The number of hydrogen-bond acceptors (Lipinski definition) is 4. The summed E-state index contributed by atoms with van der Waals surface area (Å²) >= 11 is 1.55. The standard InChI is InChI=1S/C23H27N3OS/c1-5-26(21-9-7-6-8-18(21)4)14-19-15-28-23(24-19)13-22(27)25-20-12-16(2)10-11-17(20)3/h6-12,15H,5,13-14H2,1-4H3,(H,25,27). The third-order valence-corrected chi connectivity index (χ3v) is 5.67. The molecule has 0 saturated carbocycles. The summed E-state index contributed by atoms with van der Waals surface area (Å²) in [6.45, 7) is 9.96. The van der Waals surface area contributed by atoms with Crippen LogP contribution in [0.5, 0.6) is 0 Å². The third-order valence-electron chi connectivity index (χ3n) is 4.77. The van der Waals surface area contributed by atoms with Gasteiger partial charge in [-0.3, -0.25) is 4.79 Å². The zero-order valence-electron chi connectivity index (χ0n) is 17.0. The molecule has 0 radical (unpaired) electrons. The minimum absolute atomic E-state index is 0.0270. The van der Waals surface area contributed by atoms with Gasteiger partial charge in [0, 0.05) is 23.3 Å². The fourth-order valence-electron chi connectivity index (χ4n) is 3.19. The number of anilines is 2. The molecule has 3 rings (SSSR count). The topological polar surface area (TPSA) is 45.2 Å². The first-order chi connectivity index (χ1) is 13.5. The molecule has 0 saturated heterocycles. The van der Waals surface area contributed by atoms with Crippen molar-refractivity contribution in [3.8, 4) is 0 Å². The maximum absolute atomic E-state index is 12.4. The lowest BCUT2D eigenvalue weighted by Gasteiger charge is -2.24. The van der Waals surface area contributed by atoms with Gasteiger partial charge in [-0.15, -0.1) is 11.3 Å². The molecule has 1 N–H and O–H groups in total. The van der Waals surface area contributed by atoms with E-state index < -0.39 is 0 Å². The van der Waals surface area contributed by atoms with Crippen molar-refractivity contribution in [2.75, 3.05) is 16.8 Å². The van der Waals surface area contributed by atoms with Crippen LogP contribution < -0.4 is 10.2 Å². The first-order valence-corrected chi connectivity index (χ1v) is 10.4. The molecule has 3 aromatic rings. The number of hydrogen-bond donors (Lipinski definition) is 1. The van der Waals surface area contributed by atoms with Gasteiger partial charge >= 0.3 is 0 Å². The number of nitrogens with zero attached hydrogens (tertiary/aromatic N) is 2. The van der Waals surface area contributed by atoms with Gasteiger partial charge in [0.2, 0.25) is 5.91 Å². The van der Waals surface area contributed by atoms with E-state index in [-0.39, 0.29) is 5.91 Å². The molecular weight excluding hydrogens is 366 g/mol. The minimum Gasteiger partial charge on any atom is -0.366 e. The van der Waals surface area contributed by atoms with Crippen molar-refractivity contribution in [3.05, 3.63) is 75.2 Å². The quantitative estimate of drug-likeness (QED) is 0.594. The van der Waals surface area contributed by atoms with Gasteiger partial charge in [0.05, 0.1) is 18.7 Å². The highest BCUT2D eigenvalue weighted by molar-refractivity contribution is 7.09. The lowest BCUT2D eigenvalue weighted by atomic mass is 10.1. The molecular formula is C23H27N3OS. The van der Waals surface area contributed by atoms with Gasteiger partial charge in [0.1, 0.15) is 5.01 Å². The number of carbonyl (C=O) groups is 1. The minimum atomic E-state index is -0.0270. The molecule has 1 heterocycles. The molecule has 1 aromatic heterocycles. The molecule has 28 heavy (non-hydrogen) atoms. The Balaban J connectivity index is 1.64. The number of nitrogens with one attached hydrogen (secondary N) is 1. The smallest absolute Gasteiger partial charge is 0.231 e. The van der Waals surface area contributed by atoms with Crippen LogP contribution in [0.3, 0.4) is 0 Å². The van der Waals surface area contributed by atoms with Crippen molar-refractivity contribution < 1.29 is 4.79 Å². The Hall–Kier alpha value is -2.66. The van der Waals surface area contributed by atoms with E-state index in [0.717, 1.165) is 40.6 Å². The maximum Gasteiger partial charge on any atom is 0.231 e. The molecule has 0 fully saturated rings. The molecule has 0 unspecified atom stereocenters. The van der Waals surface area contributed by atoms with Crippen molar-refractivity contribution in [1.82, 2.24) is 4.98 Å². The average molecular weight is 394 g/mol. The van der Waals surface area contributed by atoms with Crippen LogP contribution in [0.1, 0.15) is 34.3 Å². The summed E-state index contributed by atoms with van der Waals surface area (Å²) in [5.41, 5.74) is 6.56. The van der Waals surface area contributed by atoms with E-state index in [9.17, 15) is 4.79 Å². The van der Waals surface area contributed by atoms with Gasteiger partial charge in [-0.25, -0.2) is 4.98 Å². The molecule has 1 amide bonds. The Morgan fingerprint density at radius 3 is 2.64 bits per heavy atom. The van der Waals surface area contributed by atoms with E-state index in [0.29, 0.717) is 6.42 Å². The van der Waals surface area contributed by atoms with Crippen LogP contribution in [-0.4, -0.2) is 17.4 Å². The molecule has 2 aromatic carbocycles. The van der Waals surface area contributed by atoms with Crippen LogP contribution in [0, 0.1) is 20.8 Å². The Morgan fingerprint density at radius 1 is 1.11 bits per heavy atom. The van der Waals surface area contributed by atoms with Crippen LogP contribution in [0.15, 0.2) is 47.8 Å². The highest BCUT2D eigenvalue weighted by Gasteiger charge is 2.13. The second kappa shape index (κ2) is 9.02. The number of carbonyl (C=O) groups excluding carboxylic acids is 1. The molecule has 0 aliphatic carbocycles. The number of benzene rings is 2. The van der Waals surface area contributed by atoms with Crippen LogP contribution in [0.4, 0.5) is 11.4 Å². The predicted molar refractivity (Wildman–Crippen MR) is 118 cm³/mol. The summed E-state index contributed by atoms with van der Waals surface area (Å²) in [5, 5.41) is 5.91. The van der Waals surface area contributed by atoms with Crippen molar-refractivity contribution in [1.29, 1.82) is 0 Å². The van der Waals surface area contributed by atoms with Crippen molar-refractivity contribution in [2.24, 2.45) is 0 Å². The molecule has 0 atom stereocenters.